The Kier molecular flexibility index (Phi) is 42.9. The lowest BCUT2D eigenvalue weighted by atomic mass is 9.72. The fourth-order valence-electron chi connectivity index (χ4n) is 12.2. The highest BCUT2D eigenvalue weighted by Crippen LogP contribution is 2.44. The van der Waals surface area contributed by atoms with Crippen molar-refractivity contribution in [2.24, 2.45) is 10.8 Å². The van der Waals surface area contributed by atoms with E-state index in [1.807, 2.05) is 16.8 Å². The molecule has 0 radical (unpaired) electrons. The second kappa shape index (κ2) is 47.1. The molecule has 1 aromatic rings. The van der Waals surface area contributed by atoms with Crippen molar-refractivity contribution in [3.05, 3.63) is 123 Å². The summed E-state index contributed by atoms with van der Waals surface area (Å²) >= 11 is 0. The van der Waals surface area contributed by atoms with Gasteiger partial charge in [-0.05, 0) is 119 Å². The maximum absolute atomic E-state index is 13.5. The summed E-state index contributed by atoms with van der Waals surface area (Å²) in [4.78, 5) is 37.1. The molecule has 2 aliphatic rings. The van der Waals surface area contributed by atoms with E-state index in [0.29, 0.717) is 6.42 Å². The molecule has 1 N–H and O–H groups in total. The molecule has 1 heterocycles. The van der Waals surface area contributed by atoms with Crippen molar-refractivity contribution >= 4 is 31.9 Å². The number of hydrogen-bond donors (Lipinski definition) is 1. The van der Waals surface area contributed by atoms with E-state index in [9.17, 15) is 19.0 Å². The van der Waals surface area contributed by atoms with Crippen LogP contribution in [0.5, 0.6) is 0 Å². The van der Waals surface area contributed by atoms with E-state index in [-0.39, 0.29) is 61.8 Å². The van der Waals surface area contributed by atoms with Crippen LogP contribution in [0.1, 0.15) is 306 Å². The maximum atomic E-state index is 13.5. The lowest BCUT2D eigenvalue weighted by molar-refractivity contribution is -0.699. The minimum Gasteiger partial charge on any atom is -1.00 e. The third-order valence-electron chi connectivity index (χ3n) is 17.7. The molecule has 11 heteroatoms. The van der Waals surface area contributed by atoms with Gasteiger partial charge in [-0.2, -0.15) is 4.57 Å². The highest BCUT2D eigenvalue weighted by Gasteiger charge is 2.29. The van der Waals surface area contributed by atoms with Gasteiger partial charge in [0.1, 0.15) is 13.2 Å². The van der Waals surface area contributed by atoms with Crippen LogP contribution in [0.3, 0.4) is 0 Å². The Hall–Kier alpha value is -3.85. The molecule has 1 aromatic heterocycles. The van der Waals surface area contributed by atoms with Gasteiger partial charge in [-0.1, -0.05) is 279 Å². The van der Waals surface area contributed by atoms with Crippen LogP contribution in [0.4, 0.5) is 0 Å². The average molecular weight is 1260 g/mol. The van der Waals surface area contributed by atoms with E-state index >= 15 is 0 Å². The van der Waals surface area contributed by atoms with Gasteiger partial charge >= 0.3 is 19.8 Å². The molecule has 3 rings (SSSR count). The van der Waals surface area contributed by atoms with Gasteiger partial charge in [0.15, 0.2) is 18.8 Å². The SMILES string of the molecule is CCCCCCCCCCCCCCCC(=O)OCC(COP(=O)(O)OCC[n+]1ccc(/C=C/C=C(C)/C=C/C2=C(C)CCCC2(C)C)cc1/C=C(C)/C=C/C=C(C)/C=C/C1=C(C)CCCC1(C)C)OC(=O)CCCCCCCCCCCCCCC.[Cl-]. The van der Waals surface area contributed by atoms with E-state index < -0.39 is 26.5 Å². The lowest BCUT2D eigenvalue weighted by Gasteiger charge is -2.33. The number of unbranched alkanes of at least 4 members (excludes halogenated alkanes) is 24. The number of carbonyl (C=O) groups excluding carboxylic acids is 2. The van der Waals surface area contributed by atoms with Gasteiger partial charge in [0.25, 0.3) is 0 Å². The minimum atomic E-state index is -4.63. The molecule has 0 bridgehead atoms. The van der Waals surface area contributed by atoms with E-state index in [2.05, 4.69) is 149 Å². The van der Waals surface area contributed by atoms with Crippen molar-refractivity contribution in [3.8, 4) is 0 Å². The zero-order chi connectivity index (χ0) is 63.6. The van der Waals surface area contributed by atoms with E-state index in [1.165, 1.54) is 176 Å². The summed E-state index contributed by atoms with van der Waals surface area (Å²) in [5.74, 6) is -0.831. The Morgan fingerprint density at radius 1 is 0.591 bits per heavy atom. The number of rotatable bonds is 47. The first-order valence-electron chi connectivity index (χ1n) is 34.9. The molecular formula is C77H125ClNO8P. The topological polar surface area (TPSA) is 112 Å². The Morgan fingerprint density at radius 2 is 1.03 bits per heavy atom. The highest BCUT2D eigenvalue weighted by atomic mass is 35.5. The van der Waals surface area contributed by atoms with Gasteiger partial charge in [-0.15, -0.1) is 0 Å². The van der Waals surface area contributed by atoms with Crippen LogP contribution >= 0.6 is 7.82 Å². The van der Waals surface area contributed by atoms with Gasteiger partial charge in [0.05, 0.1) is 6.61 Å². The van der Waals surface area contributed by atoms with Gasteiger partial charge in [-0.25, -0.2) is 4.57 Å². The summed E-state index contributed by atoms with van der Waals surface area (Å²) in [7, 11) is -4.63. The average Bonchev–Trinajstić information content (AvgIpc) is 2.55. The fraction of sp³-hybridized carbons (Fsp3) is 0.675. The van der Waals surface area contributed by atoms with Crippen LogP contribution in [0.2, 0.25) is 0 Å². The lowest BCUT2D eigenvalue weighted by Crippen LogP contribution is -3.00. The number of allylic oxidation sites excluding steroid dienone is 16. The molecule has 0 aromatic carbocycles. The predicted octanol–water partition coefficient (Wildman–Crippen LogP) is 19.6. The number of aromatic nitrogens is 1. The van der Waals surface area contributed by atoms with Crippen LogP contribution in [0.25, 0.3) is 12.2 Å². The Bertz CT molecular complexity index is 2490. The number of ether oxygens (including phenoxy) is 2. The number of hydrogen-bond acceptors (Lipinski definition) is 7. The minimum absolute atomic E-state index is 0. The van der Waals surface area contributed by atoms with Gasteiger partial charge in [0, 0.05) is 31.1 Å². The molecule has 0 spiro atoms. The predicted molar refractivity (Wildman–Crippen MR) is 368 cm³/mol. The maximum Gasteiger partial charge on any atom is 0.472 e. The highest BCUT2D eigenvalue weighted by molar-refractivity contribution is 7.47. The summed E-state index contributed by atoms with van der Waals surface area (Å²) in [5.41, 5.74) is 11.5. The number of nitrogens with zero attached hydrogens (tertiary/aromatic N) is 1. The molecule has 0 fully saturated rings. The van der Waals surface area contributed by atoms with Crippen molar-refractivity contribution in [2.75, 3.05) is 19.8 Å². The molecule has 2 aliphatic carbocycles. The van der Waals surface area contributed by atoms with Crippen molar-refractivity contribution in [1.29, 1.82) is 0 Å². The third kappa shape index (κ3) is 36.9. The molecule has 9 nitrogen and oxygen atoms in total. The summed E-state index contributed by atoms with van der Waals surface area (Å²) in [6.07, 6.45) is 63.6. The monoisotopic (exact) mass is 1260 g/mol. The first kappa shape index (κ1) is 80.2. The molecule has 0 aliphatic heterocycles. The van der Waals surface area contributed by atoms with Crippen LogP contribution < -0.4 is 17.0 Å². The fourth-order valence-corrected chi connectivity index (χ4v) is 12.9. The van der Waals surface area contributed by atoms with E-state index in [0.717, 1.165) is 73.8 Å². The molecule has 2 atom stereocenters. The molecule has 0 saturated heterocycles. The molecular weight excluding hydrogens is 1130 g/mol. The Labute approximate surface area is 544 Å². The summed E-state index contributed by atoms with van der Waals surface area (Å²) in [5, 5.41) is 0. The summed E-state index contributed by atoms with van der Waals surface area (Å²) in [6, 6.07) is 4.12. The van der Waals surface area contributed by atoms with Crippen molar-refractivity contribution in [3.63, 3.8) is 0 Å². The van der Waals surface area contributed by atoms with Crippen LogP contribution in [-0.2, 0) is 39.2 Å². The third-order valence-corrected chi connectivity index (χ3v) is 18.6. The van der Waals surface area contributed by atoms with Gasteiger partial charge in [0.2, 0.25) is 5.69 Å². The van der Waals surface area contributed by atoms with Crippen molar-refractivity contribution < 1.29 is 54.5 Å². The normalized spacial score (nSPS) is 17.0. The van der Waals surface area contributed by atoms with Crippen molar-refractivity contribution in [1.82, 2.24) is 0 Å². The van der Waals surface area contributed by atoms with Crippen LogP contribution in [0, 0.1) is 10.8 Å². The largest absolute Gasteiger partial charge is 1.00 e. The van der Waals surface area contributed by atoms with Crippen molar-refractivity contribution in [2.45, 2.75) is 307 Å². The second-order valence-corrected chi connectivity index (χ2v) is 28.4. The number of halogens is 1. The number of esters is 2. The van der Waals surface area contributed by atoms with Crippen LogP contribution in [-0.4, -0.2) is 42.8 Å². The number of carbonyl (C=O) groups is 2. The summed E-state index contributed by atoms with van der Waals surface area (Å²) < 4.78 is 38.0. The summed E-state index contributed by atoms with van der Waals surface area (Å²) in [6.45, 7) is 24.1. The van der Waals surface area contributed by atoms with E-state index in [1.54, 1.807) is 0 Å². The quantitative estimate of drug-likeness (QED) is 0.0226. The standard InChI is InChI=1S/C77H124NO8P.ClH/c1-12-14-16-18-20-22-24-26-28-30-32-34-36-48-74(79)83-62-71(86-75(80)49-37-35-33-31-29-27-25-23-21-19-17-15-13-2)63-85-87(81,82)84-59-58-78-57-54-69(47-39-43-65(4)51-53-73-68(7)46-41-56-77(73,10)11)61-70(78)60-66(5)44-38-42-64(3)50-52-72-67(6)45-40-55-76(72,8)9;/h38-39,42-44,47,50-54,57,60-61,71H,12-37,40-41,45-46,48-49,55-56,58-59,62-63H2,1-11H3;1H/b44-38+,47-39+,52-50+,53-51+,64-42+,65-43+,66-60+;. The molecule has 498 valence electrons. The first-order valence-corrected chi connectivity index (χ1v) is 36.4. The zero-order valence-electron chi connectivity index (χ0n) is 57.6. The van der Waals surface area contributed by atoms with Gasteiger partial charge in [-0.3, -0.25) is 18.6 Å². The zero-order valence-corrected chi connectivity index (χ0v) is 59.3. The first-order chi connectivity index (χ1) is 41.7. The number of phosphoric acid groups is 1. The molecule has 0 saturated carbocycles. The van der Waals surface area contributed by atoms with Gasteiger partial charge < -0.3 is 26.8 Å². The Morgan fingerprint density at radius 3 is 1.50 bits per heavy atom. The van der Waals surface area contributed by atoms with E-state index in [4.69, 9.17) is 18.5 Å². The molecule has 0 amide bonds. The second-order valence-electron chi connectivity index (χ2n) is 26.9. The van der Waals surface area contributed by atoms with Crippen LogP contribution in [0.15, 0.2) is 112 Å². The number of pyridine rings is 1. The Balaban J connectivity index is 0.0000264. The molecule has 2 unspecified atom stereocenters. The molecule has 88 heavy (non-hydrogen) atoms. The smallest absolute Gasteiger partial charge is 0.472 e. The number of phosphoric ester groups is 1.